The van der Waals surface area contributed by atoms with Gasteiger partial charge < -0.3 is 10.8 Å². The Labute approximate surface area is 64.5 Å². The van der Waals surface area contributed by atoms with E-state index in [1.54, 1.807) is 13.0 Å². The van der Waals surface area contributed by atoms with E-state index in [-0.39, 0.29) is 6.42 Å². The molecule has 0 amide bonds. The molecule has 0 saturated carbocycles. The third kappa shape index (κ3) is 4.35. The molecule has 3 nitrogen and oxygen atoms in total. The summed E-state index contributed by atoms with van der Waals surface area (Å²) in [6.07, 6.45) is 1.87. The van der Waals surface area contributed by atoms with Crippen LogP contribution in [-0.2, 0) is 4.79 Å². The molecule has 0 aromatic heterocycles. The summed E-state index contributed by atoms with van der Waals surface area (Å²) < 4.78 is 0. The van der Waals surface area contributed by atoms with E-state index < -0.39 is 12.0 Å². The van der Waals surface area contributed by atoms with Crippen molar-refractivity contribution < 1.29 is 9.90 Å². The highest BCUT2D eigenvalue weighted by atomic mass is 35.5. The second-order valence-corrected chi connectivity index (χ2v) is 2.57. The number of allylic oxidation sites excluding steroid dienone is 1. The fourth-order valence-electron chi connectivity index (χ4n) is 0.390. The largest absolute Gasteiger partial charge is 0.480 e. The maximum Gasteiger partial charge on any atom is 0.320 e. The van der Waals surface area contributed by atoms with E-state index in [9.17, 15) is 4.79 Å². The number of carbonyl (C=O) groups is 1. The second-order valence-electron chi connectivity index (χ2n) is 1.97. The number of hydrogen-bond donors (Lipinski definition) is 2. The van der Waals surface area contributed by atoms with Crippen molar-refractivity contribution in [2.75, 3.05) is 0 Å². The maximum absolute atomic E-state index is 10.1. The van der Waals surface area contributed by atoms with Gasteiger partial charge in [0.1, 0.15) is 6.04 Å². The van der Waals surface area contributed by atoms with Crippen LogP contribution in [0.4, 0.5) is 0 Å². The maximum atomic E-state index is 10.1. The topological polar surface area (TPSA) is 63.3 Å². The summed E-state index contributed by atoms with van der Waals surface area (Å²) in [7, 11) is 0. The summed E-state index contributed by atoms with van der Waals surface area (Å²) in [6, 6.07) is -0.839. The van der Waals surface area contributed by atoms with Crippen molar-refractivity contribution >= 4 is 17.6 Å². The van der Waals surface area contributed by atoms with Gasteiger partial charge in [0, 0.05) is 5.03 Å². The number of carboxylic acids is 1. The van der Waals surface area contributed by atoms with Gasteiger partial charge in [-0.1, -0.05) is 17.7 Å². The minimum atomic E-state index is -1.01. The van der Waals surface area contributed by atoms with Crippen LogP contribution in [-0.4, -0.2) is 17.1 Å². The van der Waals surface area contributed by atoms with Gasteiger partial charge in [-0.15, -0.1) is 0 Å². The van der Waals surface area contributed by atoms with E-state index in [1.807, 2.05) is 0 Å². The lowest BCUT2D eigenvalue weighted by Crippen LogP contribution is -2.29. The number of aliphatic carboxylic acids is 1. The quantitative estimate of drug-likeness (QED) is 0.651. The van der Waals surface area contributed by atoms with Crippen molar-refractivity contribution in [1.29, 1.82) is 0 Å². The van der Waals surface area contributed by atoms with Crippen molar-refractivity contribution in [1.82, 2.24) is 0 Å². The van der Waals surface area contributed by atoms with E-state index in [1.165, 1.54) is 0 Å². The van der Waals surface area contributed by atoms with Crippen LogP contribution in [0.3, 0.4) is 0 Å². The molecule has 0 aromatic rings. The molecule has 0 radical (unpaired) electrons. The average Bonchev–Trinajstić information content (AvgIpc) is 1.82. The van der Waals surface area contributed by atoms with Crippen LogP contribution in [0.5, 0.6) is 0 Å². The molecular formula is C6H10ClNO2. The number of hydrogen-bond acceptors (Lipinski definition) is 2. The Bertz CT molecular complexity index is 152. The summed E-state index contributed by atoms with van der Waals surface area (Å²) in [5.74, 6) is -1.01. The van der Waals surface area contributed by atoms with E-state index in [0.29, 0.717) is 5.03 Å². The van der Waals surface area contributed by atoms with Crippen LogP contribution in [0, 0.1) is 0 Å². The van der Waals surface area contributed by atoms with Gasteiger partial charge in [-0.25, -0.2) is 0 Å². The first-order valence-electron chi connectivity index (χ1n) is 2.84. The molecule has 0 rings (SSSR count). The molecule has 0 saturated heterocycles. The molecule has 0 fully saturated rings. The zero-order valence-electron chi connectivity index (χ0n) is 5.67. The molecule has 0 aliphatic carbocycles. The molecule has 0 bridgehead atoms. The van der Waals surface area contributed by atoms with Crippen LogP contribution in [0.25, 0.3) is 0 Å². The fraction of sp³-hybridized carbons (Fsp3) is 0.500. The lowest BCUT2D eigenvalue weighted by Gasteiger charge is -2.00. The van der Waals surface area contributed by atoms with E-state index in [2.05, 4.69) is 0 Å². The van der Waals surface area contributed by atoms with Gasteiger partial charge in [-0.05, 0) is 13.3 Å². The molecule has 3 N–H and O–H groups in total. The fourth-order valence-corrected chi connectivity index (χ4v) is 0.479. The standard InChI is InChI=1S/C6H10ClNO2/c1-4(7)2-3-5(8)6(9)10/h2,5H,3,8H2,1H3,(H,9,10)/b4-2+. The van der Waals surface area contributed by atoms with Crippen LogP contribution >= 0.6 is 11.6 Å². The monoisotopic (exact) mass is 163 g/mol. The zero-order valence-corrected chi connectivity index (χ0v) is 6.43. The predicted molar refractivity (Wildman–Crippen MR) is 39.8 cm³/mol. The highest BCUT2D eigenvalue weighted by Crippen LogP contribution is 2.01. The Morgan fingerprint density at radius 1 is 1.90 bits per heavy atom. The molecular weight excluding hydrogens is 154 g/mol. The minimum Gasteiger partial charge on any atom is -0.480 e. The Hall–Kier alpha value is -0.540. The summed E-state index contributed by atoms with van der Waals surface area (Å²) in [5, 5.41) is 8.86. The Morgan fingerprint density at radius 3 is 2.70 bits per heavy atom. The summed E-state index contributed by atoms with van der Waals surface area (Å²) in [4.78, 5) is 10.1. The zero-order chi connectivity index (χ0) is 8.15. The van der Waals surface area contributed by atoms with Crippen molar-refractivity contribution in [2.45, 2.75) is 19.4 Å². The highest BCUT2D eigenvalue weighted by molar-refractivity contribution is 6.29. The number of halogens is 1. The van der Waals surface area contributed by atoms with Crippen molar-refractivity contribution in [2.24, 2.45) is 5.73 Å². The highest BCUT2D eigenvalue weighted by Gasteiger charge is 2.08. The number of rotatable bonds is 3. The third-order valence-electron chi connectivity index (χ3n) is 0.970. The second kappa shape index (κ2) is 4.30. The van der Waals surface area contributed by atoms with Crippen molar-refractivity contribution in [3.05, 3.63) is 11.1 Å². The summed E-state index contributed by atoms with van der Waals surface area (Å²) >= 11 is 5.44. The van der Waals surface area contributed by atoms with Gasteiger partial charge >= 0.3 is 5.97 Å². The van der Waals surface area contributed by atoms with Crippen LogP contribution in [0.15, 0.2) is 11.1 Å². The summed E-state index contributed by atoms with van der Waals surface area (Å²) in [6.45, 7) is 1.68. The Kier molecular flexibility index (Phi) is 4.07. The van der Waals surface area contributed by atoms with Crippen LogP contribution in [0.1, 0.15) is 13.3 Å². The first-order chi connectivity index (χ1) is 4.54. The molecule has 10 heavy (non-hydrogen) atoms. The summed E-state index contributed by atoms with van der Waals surface area (Å²) in [5.41, 5.74) is 5.16. The van der Waals surface area contributed by atoms with E-state index in [0.717, 1.165) is 0 Å². The molecule has 0 aromatic carbocycles. The Balaban J connectivity index is 3.70. The van der Waals surface area contributed by atoms with Gasteiger partial charge in [0.05, 0.1) is 0 Å². The first kappa shape index (κ1) is 9.46. The van der Waals surface area contributed by atoms with Crippen LogP contribution < -0.4 is 5.73 Å². The molecule has 0 aliphatic rings. The van der Waals surface area contributed by atoms with E-state index >= 15 is 0 Å². The normalized spacial score (nSPS) is 14.9. The predicted octanol–water partition coefficient (Wildman–Crippen LogP) is 0.931. The third-order valence-corrected chi connectivity index (χ3v) is 1.12. The molecule has 58 valence electrons. The average molecular weight is 164 g/mol. The number of carboxylic acid groups (broad SMARTS) is 1. The number of nitrogens with two attached hydrogens (primary N) is 1. The molecule has 0 heterocycles. The van der Waals surface area contributed by atoms with Gasteiger partial charge in [-0.2, -0.15) is 0 Å². The van der Waals surface area contributed by atoms with Gasteiger partial charge in [0.25, 0.3) is 0 Å². The van der Waals surface area contributed by atoms with E-state index in [4.69, 9.17) is 22.4 Å². The minimum absolute atomic E-state index is 0.282. The SMILES string of the molecule is C/C(Cl)=C\CC(N)C(=O)O. The lowest BCUT2D eigenvalue weighted by molar-refractivity contribution is -0.138. The molecule has 4 heteroatoms. The Morgan fingerprint density at radius 2 is 2.40 bits per heavy atom. The van der Waals surface area contributed by atoms with Crippen molar-refractivity contribution in [3.8, 4) is 0 Å². The van der Waals surface area contributed by atoms with Crippen LogP contribution in [0.2, 0.25) is 0 Å². The molecule has 1 unspecified atom stereocenters. The van der Waals surface area contributed by atoms with Crippen molar-refractivity contribution in [3.63, 3.8) is 0 Å². The van der Waals surface area contributed by atoms with Gasteiger partial charge in [0.15, 0.2) is 0 Å². The lowest BCUT2D eigenvalue weighted by atomic mass is 10.2. The molecule has 0 aliphatic heterocycles. The molecule has 1 atom stereocenters. The van der Waals surface area contributed by atoms with Gasteiger partial charge in [0.2, 0.25) is 0 Å². The molecule has 0 spiro atoms. The van der Waals surface area contributed by atoms with Gasteiger partial charge in [-0.3, -0.25) is 4.79 Å². The smallest absolute Gasteiger partial charge is 0.320 e. The first-order valence-corrected chi connectivity index (χ1v) is 3.22.